The van der Waals surface area contributed by atoms with Crippen molar-refractivity contribution in [3.05, 3.63) is 28.2 Å². The first-order valence-corrected chi connectivity index (χ1v) is 6.09. The van der Waals surface area contributed by atoms with Gasteiger partial charge in [0.15, 0.2) is 11.9 Å². The molecule has 0 aromatic heterocycles. The molecule has 1 aromatic rings. The Balaban J connectivity index is 1.86. The van der Waals surface area contributed by atoms with Gasteiger partial charge in [-0.25, -0.2) is 4.99 Å². The van der Waals surface area contributed by atoms with Gasteiger partial charge in [0.05, 0.1) is 0 Å². The normalized spacial score (nSPS) is 20.5. The smallest absolute Gasteiger partial charge is 0.259 e. The number of hydrogen-bond acceptors (Lipinski definition) is 5. The molecule has 0 radical (unpaired) electrons. The zero-order valence-corrected chi connectivity index (χ0v) is 10.9. The van der Waals surface area contributed by atoms with Gasteiger partial charge in [0.25, 0.3) is 5.91 Å². The number of rotatable bonds is 1. The Hall–Kier alpha value is -1.92. The SMILES string of the molecule is O=C1NC(Nc2cc(Cl)cc(Cl)c2)=NC2=NC=NC12. The summed E-state index contributed by atoms with van der Waals surface area (Å²) in [6.07, 6.45) is 1.32. The van der Waals surface area contributed by atoms with Crippen LogP contribution in [0, 0.1) is 0 Å². The van der Waals surface area contributed by atoms with Crippen LogP contribution in [0.1, 0.15) is 0 Å². The minimum atomic E-state index is -0.645. The summed E-state index contributed by atoms with van der Waals surface area (Å²) in [5, 5.41) is 6.48. The van der Waals surface area contributed by atoms with Crippen LogP contribution < -0.4 is 10.6 Å². The lowest BCUT2D eigenvalue weighted by Crippen LogP contribution is -2.48. The lowest BCUT2D eigenvalue weighted by Gasteiger charge is -2.18. The molecular weight excluding hydrogens is 289 g/mol. The zero-order chi connectivity index (χ0) is 13.4. The van der Waals surface area contributed by atoms with Gasteiger partial charge in [0.1, 0.15) is 6.34 Å². The molecule has 2 aliphatic heterocycles. The Morgan fingerprint density at radius 2 is 1.95 bits per heavy atom. The maximum absolute atomic E-state index is 11.7. The van der Waals surface area contributed by atoms with E-state index < -0.39 is 6.04 Å². The zero-order valence-electron chi connectivity index (χ0n) is 9.39. The minimum Gasteiger partial charge on any atom is -0.326 e. The Morgan fingerprint density at radius 1 is 1.21 bits per heavy atom. The molecule has 0 spiro atoms. The molecule has 1 unspecified atom stereocenters. The van der Waals surface area contributed by atoms with Crippen LogP contribution in [0.3, 0.4) is 0 Å². The number of amidine groups is 1. The van der Waals surface area contributed by atoms with E-state index in [-0.39, 0.29) is 11.9 Å². The average Bonchev–Trinajstić information content (AvgIpc) is 2.75. The van der Waals surface area contributed by atoms with Crippen LogP contribution in [-0.4, -0.2) is 30.1 Å². The lowest BCUT2D eigenvalue weighted by atomic mass is 10.2. The van der Waals surface area contributed by atoms with E-state index in [1.165, 1.54) is 6.34 Å². The number of anilines is 1. The molecule has 6 nitrogen and oxygen atoms in total. The van der Waals surface area contributed by atoms with Gasteiger partial charge < -0.3 is 5.32 Å². The van der Waals surface area contributed by atoms with Gasteiger partial charge in [-0.1, -0.05) is 23.2 Å². The summed E-state index contributed by atoms with van der Waals surface area (Å²) in [4.78, 5) is 23.7. The van der Waals surface area contributed by atoms with Crippen LogP contribution >= 0.6 is 23.2 Å². The number of carbonyl (C=O) groups is 1. The molecule has 0 saturated carbocycles. The van der Waals surface area contributed by atoms with Crippen molar-refractivity contribution in [3.63, 3.8) is 0 Å². The molecule has 1 atom stereocenters. The Kier molecular flexibility index (Phi) is 2.96. The van der Waals surface area contributed by atoms with Gasteiger partial charge in [-0.15, -0.1) is 0 Å². The fourth-order valence-electron chi connectivity index (χ4n) is 1.72. The van der Waals surface area contributed by atoms with Crippen molar-refractivity contribution in [2.45, 2.75) is 6.04 Å². The van der Waals surface area contributed by atoms with Crippen molar-refractivity contribution < 1.29 is 4.79 Å². The molecule has 0 saturated heterocycles. The third kappa shape index (κ3) is 2.45. The third-order valence-electron chi connectivity index (χ3n) is 2.49. The molecular formula is C11H7Cl2N5O. The van der Waals surface area contributed by atoms with Crippen molar-refractivity contribution in [2.24, 2.45) is 15.0 Å². The topological polar surface area (TPSA) is 78.2 Å². The molecule has 2 heterocycles. The van der Waals surface area contributed by atoms with Crippen molar-refractivity contribution in [3.8, 4) is 0 Å². The van der Waals surface area contributed by atoms with Crippen molar-refractivity contribution >= 4 is 52.9 Å². The predicted octanol–water partition coefficient (Wildman–Crippen LogP) is 1.70. The van der Waals surface area contributed by atoms with Gasteiger partial charge in [0, 0.05) is 15.7 Å². The second-order valence-corrected chi connectivity index (χ2v) is 4.76. The number of hydrogen-bond donors (Lipinski definition) is 2. The Morgan fingerprint density at radius 3 is 2.68 bits per heavy atom. The number of fused-ring (bicyclic) bond motifs is 1. The van der Waals surface area contributed by atoms with E-state index in [1.54, 1.807) is 18.2 Å². The highest BCUT2D eigenvalue weighted by Gasteiger charge is 2.31. The van der Waals surface area contributed by atoms with E-state index in [9.17, 15) is 4.79 Å². The van der Waals surface area contributed by atoms with Crippen LogP contribution in [-0.2, 0) is 4.79 Å². The fraction of sp³-hybridized carbons (Fsp3) is 0.0909. The molecule has 3 rings (SSSR count). The first kappa shape index (κ1) is 12.1. The summed E-state index contributed by atoms with van der Waals surface area (Å²) in [5.41, 5.74) is 0.620. The first-order chi connectivity index (χ1) is 9.11. The summed E-state index contributed by atoms with van der Waals surface area (Å²) >= 11 is 11.8. The number of carbonyl (C=O) groups excluding carboxylic acids is 1. The number of nitrogens with zero attached hydrogens (tertiary/aromatic N) is 3. The number of amides is 1. The highest BCUT2D eigenvalue weighted by molar-refractivity contribution is 6.35. The molecule has 0 fully saturated rings. The van der Waals surface area contributed by atoms with Crippen LogP contribution in [0.4, 0.5) is 5.69 Å². The summed E-state index contributed by atoms with van der Waals surface area (Å²) in [7, 11) is 0. The molecule has 2 aliphatic rings. The van der Waals surface area contributed by atoms with Crippen LogP contribution in [0.15, 0.2) is 33.2 Å². The third-order valence-corrected chi connectivity index (χ3v) is 2.93. The summed E-state index contributed by atoms with van der Waals surface area (Å²) in [6, 6.07) is 4.30. The average molecular weight is 296 g/mol. The molecule has 0 aliphatic carbocycles. The van der Waals surface area contributed by atoms with E-state index in [0.29, 0.717) is 21.6 Å². The van der Waals surface area contributed by atoms with Gasteiger partial charge in [-0.2, -0.15) is 4.99 Å². The van der Waals surface area contributed by atoms with Gasteiger partial charge in [-0.05, 0) is 18.2 Å². The Bertz CT molecular complexity index is 632. The lowest BCUT2D eigenvalue weighted by molar-refractivity contribution is -0.119. The highest BCUT2D eigenvalue weighted by Crippen LogP contribution is 2.22. The number of aliphatic imine (C=N–C) groups is 3. The number of guanidine groups is 1. The minimum absolute atomic E-state index is 0.267. The molecule has 19 heavy (non-hydrogen) atoms. The van der Waals surface area contributed by atoms with E-state index in [1.807, 2.05) is 0 Å². The van der Waals surface area contributed by atoms with Crippen molar-refractivity contribution in [1.82, 2.24) is 5.32 Å². The first-order valence-electron chi connectivity index (χ1n) is 5.34. The highest BCUT2D eigenvalue weighted by atomic mass is 35.5. The summed E-state index contributed by atoms with van der Waals surface area (Å²) in [5.74, 6) is 0.348. The largest absolute Gasteiger partial charge is 0.326 e. The monoisotopic (exact) mass is 295 g/mol. The Labute approximate surface area is 118 Å². The van der Waals surface area contributed by atoms with E-state index in [4.69, 9.17) is 23.2 Å². The van der Waals surface area contributed by atoms with Crippen LogP contribution in [0.2, 0.25) is 10.0 Å². The number of nitrogens with one attached hydrogen (secondary N) is 2. The number of halogens is 2. The predicted molar refractivity (Wildman–Crippen MR) is 75.4 cm³/mol. The molecule has 96 valence electrons. The van der Waals surface area contributed by atoms with Crippen molar-refractivity contribution in [2.75, 3.05) is 5.32 Å². The van der Waals surface area contributed by atoms with Gasteiger partial charge >= 0.3 is 0 Å². The second kappa shape index (κ2) is 4.64. The summed E-state index contributed by atoms with van der Waals surface area (Å²) < 4.78 is 0. The van der Waals surface area contributed by atoms with E-state index in [0.717, 1.165) is 0 Å². The van der Waals surface area contributed by atoms with Gasteiger partial charge in [-0.3, -0.25) is 15.1 Å². The van der Waals surface area contributed by atoms with E-state index in [2.05, 4.69) is 25.6 Å². The van der Waals surface area contributed by atoms with Crippen LogP contribution in [0.25, 0.3) is 0 Å². The van der Waals surface area contributed by atoms with Gasteiger partial charge in [0.2, 0.25) is 5.96 Å². The fourth-order valence-corrected chi connectivity index (χ4v) is 2.25. The second-order valence-electron chi connectivity index (χ2n) is 3.89. The van der Waals surface area contributed by atoms with Crippen molar-refractivity contribution in [1.29, 1.82) is 0 Å². The number of benzene rings is 1. The maximum atomic E-state index is 11.7. The quantitative estimate of drug-likeness (QED) is 0.827. The van der Waals surface area contributed by atoms with Crippen LogP contribution in [0.5, 0.6) is 0 Å². The maximum Gasteiger partial charge on any atom is 0.259 e. The van der Waals surface area contributed by atoms with E-state index >= 15 is 0 Å². The standard InChI is InChI=1S/C11H7Cl2N5O/c12-5-1-6(13)3-7(2-5)16-11-17-9-8(10(19)18-11)14-4-15-9/h1-4,8H,(H2,14,15,16,17,18,19). The molecule has 8 heteroatoms. The molecule has 1 amide bonds. The summed E-state index contributed by atoms with van der Waals surface area (Å²) in [6.45, 7) is 0. The molecule has 1 aromatic carbocycles. The molecule has 0 bridgehead atoms. The molecule has 2 N–H and O–H groups in total.